The highest BCUT2D eigenvalue weighted by Gasteiger charge is 2.09. The van der Waals surface area contributed by atoms with Crippen molar-refractivity contribution in [1.29, 1.82) is 0 Å². The molecular weight excluding hydrogens is 292 g/mol. The molecule has 0 bridgehead atoms. The van der Waals surface area contributed by atoms with E-state index in [0.29, 0.717) is 15.8 Å². The number of aromatic nitrogens is 1. The van der Waals surface area contributed by atoms with Gasteiger partial charge in [-0.25, -0.2) is 0 Å². The molecule has 0 aliphatic heterocycles. The predicted octanol–water partition coefficient (Wildman–Crippen LogP) is 3.88. The summed E-state index contributed by atoms with van der Waals surface area (Å²) in [7, 11) is 0. The highest BCUT2D eigenvalue weighted by atomic mass is 35.5. The number of carbonyl (C=O) groups is 1. The highest BCUT2D eigenvalue weighted by molar-refractivity contribution is 7.17. The van der Waals surface area contributed by atoms with Crippen LogP contribution < -0.4 is 5.32 Å². The predicted molar refractivity (Wildman–Crippen MR) is 82.2 cm³/mol. The van der Waals surface area contributed by atoms with Crippen LogP contribution in [0.3, 0.4) is 0 Å². The molecule has 0 unspecified atom stereocenters. The van der Waals surface area contributed by atoms with E-state index < -0.39 is 0 Å². The minimum atomic E-state index is -0.109. The standard InChI is InChI=1S/C15H11ClN2OS/c16-14-7-6-13(20-14)15(19)18-9-10-3-1-5-12-11(10)4-2-8-17-12/h1-8H,9H2,(H,18,19). The van der Waals surface area contributed by atoms with Crippen molar-refractivity contribution in [2.45, 2.75) is 6.54 Å². The van der Waals surface area contributed by atoms with Crippen LogP contribution in [0.25, 0.3) is 10.9 Å². The van der Waals surface area contributed by atoms with Crippen LogP contribution in [-0.2, 0) is 6.54 Å². The van der Waals surface area contributed by atoms with E-state index in [-0.39, 0.29) is 5.91 Å². The Morgan fingerprint density at radius 1 is 1.20 bits per heavy atom. The van der Waals surface area contributed by atoms with Crippen LogP contribution in [0.2, 0.25) is 4.34 Å². The van der Waals surface area contributed by atoms with Crippen LogP contribution in [-0.4, -0.2) is 10.9 Å². The Morgan fingerprint density at radius 2 is 2.10 bits per heavy atom. The number of amides is 1. The first-order valence-electron chi connectivity index (χ1n) is 6.10. The van der Waals surface area contributed by atoms with Gasteiger partial charge in [0.05, 0.1) is 14.7 Å². The number of halogens is 1. The first-order chi connectivity index (χ1) is 9.74. The van der Waals surface area contributed by atoms with Gasteiger partial charge in [0.2, 0.25) is 0 Å². The van der Waals surface area contributed by atoms with Crippen LogP contribution in [0.4, 0.5) is 0 Å². The summed E-state index contributed by atoms with van der Waals surface area (Å²) in [6.45, 7) is 0.470. The van der Waals surface area contributed by atoms with Crippen molar-refractivity contribution < 1.29 is 4.79 Å². The number of benzene rings is 1. The van der Waals surface area contributed by atoms with Gasteiger partial charge in [0.1, 0.15) is 0 Å². The van der Waals surface area contributed by atoms with Crippen molar-refractivity contribution >= 4 is 39.7 Å². The lowest BCUT2D eigenvalue weighted by Gasteiger charge is -2.07. The Bertz CT molecular complexity index is 764. The van der Waals surface area contributed by atoms with Crippen molar-refractivity contribution in [2.24, 2.45) is 0 Å². The SMILES string of the molecule is O=C(NCc1cccc2ncccc12)c1ccc(Cl)s1. The van der Waals surface area contributed by atoms with Gasteiger partial charge in [-0.2, -0.15) is 0 Å². The molecule has 100 valence electrons. The number of nitrogens with one attached hydrogen (secondary N) is 1. The van der Waals surface area contributed by atoms with Gasteiger partial charge in [0, 0.05) is 18.1 Å². The van der Waals surface area contributed by atoms with Gasteiger partial charge in [-0.15, -0.1) is 11.3 Å². The first-order valence-corrected chi connectivity index (χ1v) is 7.29. The summed E-state index contributed by atoms with van der Waals surface area (Å²) in [6.07, 6.45) is 1.76. The summed E-state index contributed by atoms with van der Waals surface area (Å²) >= 11 is 7.11. The van der Waals surface area contributed by atoms with Crippen LogP contribution in [0, 0.1) is 0 Å². The zero-order chi connectivity index (χ0) is 13.9. The summed E-state index contributed by atoms with van der Waals surface area (Å²) in [6, 6.07) is 13.2. The molecule has 0 atom stereocenters. The van der Waals surface area contributed by atoms with E-state index in [2.05, 4.69) is 10.3 Å². The van der Waals surface area contributed by atoms with Gasteiger partial charge < -0.3 is 5.32 Å². The molecule has 1 amide bonds. The Kier molecular flexibility index (Phi) is 3.67. The van der Waals surface area contributed by atoms with E-state index >= 15 is 0 Å². The minimum Gasteiger partial charge on any atom is -0.347 e. The van der Waals surface area contributed by atoms with E-state index in [1.165, 1.54) is 11.3 Å². The van der Waals surface area contributed by atoms with E-state index in [1.807, 2.05) is 30.3 Å². The van der Waals surface area contributed by atoms with Crippen molar-refractivity contribution in [1.82, 2.24) is 10.3 Å². The number of fused-ring (bicyclic) bond motifs is 1. The normalized spacial score (nSPS) is 10.7. The largest absolute Gasteiger partial charge is 0.347 e. The number of pyridine rings is 1. The molecule has 0 fully saturated rings. The Labute approximate surface area is 125 Å². The fourth-order valence-electron chi connectivity index (χ4n) is 2.02. The molecule has 0 radical (unpaired) electrons. The molecule has 3 nitrogen and oxygen atoms in total. The molecule has 20 heavy (non-hydrogen) atoms. The molecule has 3 rings (SSSR count). The van der Waals surface area contributed by atoms with E-state index in [1.54, 1.807) is 18.3 Å². The summed E-state index contributed by atoms with van der Waals surface area (Å²) < 4.78 is 0.615. The molecule has 0 aliphatic rings. The first kappa shape index (κ1) is 13.1. The maximum Gasteiger partial charge on any atom is 0.261 e. The van der Waals surface area contributed by atoms with Crippen molar-refractivity contribution in [3.05, 3.63) is 63.4 Å². The van der Waals surface area contributed by atoms with Crippen molar-refractivity contribution in [2.75, 3.05) is 0 Å². The molecule has 0 spiro atoms. The molecular formula is C15H11ClN2OS. The van der Waals surface area contributed by atoms with Gasteiger partial charge >= 0.3 is 0 Å². The molecule has 2 heterocycles. The zero-order valence-electron chi connectivity index (χ0n) is 10.5. The smallest absolute Gasteiger partial charge is 0.261 e. The lowest BCUT2D eigenvalue weighted by atomic mass is 10.1. The third kappa shape index (κ3) is 2.66. The quantitative estimate of drug-likeness (QED) is 0.798. The number of carbonyl (C=O) groups excluding carboxylic acids is 1. The third-order valence-electron chi connectivity index (χ3n) is 2.97. The van der Waals surface area contributed by atoms with E-state index in [9.17, 15) is 4.79 Å². The Hall–Kier alpha value is -1.91. The lowest BCUT2D eigenvalue weighted by molar-refractivity contribution is 0.0955. The fourth-order valence-corrected chi connectivity index (χ4v) is 2.98. The fraction of sp³-hybridized carbons (Fsp3) is 0.0667. The Balaban J connectivity index is 1.79. The summed E-state index contributed by atoms with van der Waals surface area (Å²) in [5, 5.41) is 3.96. The second-order valence-corrected chi connectivity index (χ2v) is 5.99. The van der Waals surface area contributed by atoms with Crippen LogP contribution >= 0.6 is 22.9 Å². The maximum atomic E-state index is 12.0. The van der Waals surface area contributed by atoms with Crippen molar-refractivity contribution in [3.63, 3.8) is 0 Å². The lowest BCUT2D eigenvalue weighted by Crippen LogP contribution is -2.21. The average Bonchev–Trinajstić information content (AvgIpc) is 2.91. The van der Waals surface area contributed by atoms with Gasteiger partial charge in [0.25, 0.3) is 5.91 Å². The number of thiophene rings is 1. The third-order valence-corrected chi connectivity index (χ3v) is 4.20. The molecule has 2 aromatic heterocycles. The number of nitrogens with zero attached hydrogens (tertiary/aromatic N) is 1. The second kappa shape index (κ2) is 5.61. The monoisotopic (exact) mass is 302 g/mol. The summed E-state index contributed by atoms with van der Waals surface area (Å²) in [5.74, 6) is -0.109. The minimum absolute atomic E-state index is 0.109. The molecule has 5 heteroatoms. The Morgan fingerprint density at radius 3 is 2.90 bits per heavy atom. The van der Waals surface area contributed by atoms with E-state index in [0.717, 1.165) is 16.5 Å². The second-order valence-electron chi connectivity index (χ2n) is 4.27. The van der Waals surface area contributed by atoms with Gasteiger partial charge in [-0.05, 0) is 29.8 Å². The summed E-state index contributed by atoms with van der Waals surface area (Å²) in [4.78, 5) is 16.9. The molecule has 1 N–H and O–H groups in total. The number of rotatable bonds is 3. The topological polar surface area (TPSA) is 42.0 Å². The molecule has 3 aromatic rings. The number of hydrogen-bond acceptors (Lipinski definition) is 3. The molecule has 0 aliphatic carbocycles. The molecule has 0 saturated carbocycles. The molecule has 1 aromatic carbocycles. The highest BCUT2D eigenvalue weighted by Crippen LogP contribution is 2.21. The average molecular weight is 303 g/mol. The zero-order valence-corrected chi connectivity index (χ0v) is 12.0. The van der Waals surface area contributed by atoms with Crippen LogP contribution in [0.1, 0.15) is 15.2 Å². The summed E-state index contributed by atoms with van der Waals surface area (Å²) in [5.41, 5.74) is 1.98. The van der Waals surface area contributed by atoms with Crippen LogP contribution in [0.15, 0.2) is 48.7 Å². The van der Waals surface area contributed by atoms with Crippen LogP contribution in [0.5, 0.6) is 0 Å². The van der Waals surface area contributed by atoms with Gasteiger partial charge in [-0.1, -0.05) is 29.8 Å². The van der Waals surface area contributed by atoms with Crippen molar-refractivity contribution in [3.8, 4) is 0 Å². The maximum absolute atomic E-state index is 12.0. The molecule has 0 saturated heterocycles. The van der Waals surface area contributed by atoms with E-state index in [4.69, 9.17) is 11.6 Å². The van der Waals surface area contributed by atoms with Gasteiger partial charge in [0.15, 0.2) is 0 Å². The van der Waals surface area contributed by atoms with Gasteiger partial charge in [-0.3, -0.25) is 9.78 Å². The number of hydrogen-bond donors (Lipinski definition) is 1.